The zero-order chi connectivity index (χ0) is 20.4. The van der Waals surface area contributed by atoms with Gasteiger partial charge in [-0.3, -0.25) is 15.1 Å². The zero-order valence-electron chi connectivity index (χ0n) is 16.3. The van der Waals surface area contributed by atoms with Crippen LogP contribution in [0.2, 0.25) is 0 Å². The predicted molar refractivity (Wildman–Crippen MR) is 107 cm³/mol. The van der Waals surface area contributed by atoms with E-state index in [0.717, 1.165) is 12.0 Å². The monoisotopic (exact) mass is 406 g/mol. The maximum Gasteiger partial charge on any atom is 0.321 e. The number of nitrogens with one attached hydrogen (secondary N) is 2. The molecule has 0 radical (unpaired) electrons. The van der Waals surface area contributed by atoms with Crippen LogP contribution in [0, 0.1) is 0 Å². The van der Waals surface area contributed by atoms with Crippen molar-refractivity contribution in [2.75, 3.05) is 19.0 Å². The van der Waals surface area contributed by atoms with E-state index in [1.165, 1.54) is 11.8 Å². The number of thioether (sulfide) groups is 1. The van der Waals surface area contributed by atoms with Crippen LogP contribution in [-0.2, 0) is 16.1 Å². The average molecular weight is 407 g/mol. The third kappa shape index (κ3) is 6.93. The molecule has 3 amide bonds. The Morgan fingerprint density at radius 3 is 2.68 bits per heavy atom. The van der Waals surface area contributed by atoms with Crippen molar-refractivity contribution >= 4 is 23.7 Å². The number of rotatable bonds is 10. The number of carbonyl (C=O) groups is 2. The van der Waals surface area contributed by atoms with E-state index >= 15 is 0 Å². The van der Waals surface area contributed by atoms with E-state index in [4.69, 9.17) is 4.74 Å². The fourth-order valence-electron chi connectivity index (χ4n) is 2.37. The minimum absolute atomic E-state index is 0.0446. The molecule has 0 aliphatic heterocycles. The van der Waals surface area contributed by atoms with Gasteiger partial charge in [0, 0.05) is 43.8 Å². The van der Waals surface area contributed by atoms with Crippen molar-refractivity contribution in [3.63, 3.8) is 0 Å². The van der Waals surface area contributed by atoms with Crippen LogP contribution in [0.25, 0.3) is 11.4 Å². The van der Waals surface area contributed by atoms with E-state index in [1.54, 1.807) is 12.4 Å². The van der Waals surface area contributed by atoms with Gasteiger partial charge >= 0.3 is 6.03 Å². The van der Waals surface area contributed by atoms with Crippen molar-refractivity contribution in [3.8, 4) is 11.4 Å². The Hall–Kier alpha value is -2.46. The molecule has 0 aromatic carbocycles. The first-order chi connectivity index (χ1) is 13.5. The number of pyridine rings is 1. The van der Waals surface area contributed by atoms with Gasteiger partial charge < -0.3 is 14.6 Å². The molecule has 2 rings (SSSR count). The lowest BCUT2D eigenvalue weighted by Crippen LogP contribution is -2.43. The Morgan fingerprint density at radius 1 is 1.25 bits per heavy atom. The first kappa shape index (κ1) is 21.8. The van der Waals surface area contributed by atoms with Crippen LogP contribution in [0.1, 0.15) is 27.2 Å². The van der Waals surface area contributed by atoms with Gasteiger partial charge in [-0.05, 0) is 39.3 Å². The second kappa shape index (κ2) is 11.4. The fraction of sp³-hybridized carbons (Fsp3) is 0.500. The van der Waals surface area contributed by atoms with Crippen LogP contribution >= 0.6 is 11.8 Å². The molecule has 9 nitrogen and oxygen atoms in total. The summed E-state index contributed by atoms with van der Waals surface area (Å²) in [6.07, 6.45) is 4.19. The summed E-state index contributed by atoms with van der Waals surface area (Å²) in [7, 11) is 0. The van der Waals surface area contributed by atoms with Gasteiger partial charge in [-0.1, -0.05) is 11.8 Å². The van der Waals surface area contributed by atoms with Crippen LogP contribution in [-0.4, -0.2) is 56.7 Å². The number of urea groups is 1. The van der Waals surface area contributed by atoms with E-state index in [9.17, 15) is 9.59 Å². The van der Waals surface area contributed by atoms with E-state index < -0.39 is 11.9 Å². The molecule has 10 heteroatoms. The summed E-state index contributed by atoms with van der Waals surface area (Å²) in [5.74, 6) is 0.377. The van der Waals surface area contributed by atoms with E-state index in [1.807, 2.05) is 37.5 Å². The molecule has 2 aromatic heterocycles. The molecule has 0 unspecified atom stereocenters. The van der Waals surface area contributed by atoms with Crippen molar-refractivity contribution in [2.45, 2.75) is 44.9 Å². The second-order valence-corrected chi connectivity index (χ2v) is 7.15. The highest BCUT2D eigenvalue weighted by atomic mass is 32.2. The molecular formula is C18H26N6O3S. The Balaban J connectivity index is 2.05. The largest absolute Gasteiger partial charge is 0.382 e. The minimum atomic E-state index is -0.503. The molecule has 0 atom stereocenters. The van der Waals surface area contributed by atoms with E-state index in [-0.39, 0.29) is 11.8 Å². The van der Waals surface area contributed by atoms with Gasteiger partial charge in [0.2, 0.25) is 5.91 Å². The molecule has 2 N–H and O–H groups in total. The standard InChI is InChI=1S/C18H26N6O3S/c1-4-27-11-5-10-24-16(14-6-8-19-9-7-14)22-23-18(24)28-12-15(25)21-17(26)20-13(2)3/h6-9,13H,4-5,10-12H2,1-3H3,(H2,20,21,25,26). The smallest absolute Gasteiger partial charge is 0.321 e. The Morgan fingerprint density at radius 2 is 2.00 bits per heavy atom. The summed E-state index contributed by atoms with van der Waals surface area (Å²) >= 11 is 1.24. The summed E-state index contributed by atoms with van der Waals surface area (Å²) in [6.45, 7) is 7.55. The first-order valence-corrected chi connectivity index (χ1v) is 10.1. The molecule has 0 saturated heterocycles. The number of nitrogens with zero attached hydrogens (tertiary/aromatic N) is 4. The van der Waals surface area contributed by atoms with Gasteiger partial charge in [0.25, 0.3) is 0 Å². The minimum Gasteiger partial charge on any atom is -0.382 e. The molecule has 0 aliphatic carbocycles. The molecule has 0 bridgehead atoms. The van der Waals surface area contributed by atoms with Gasteiger partial charge in [-0.2, -0.15) is 0 Å². The normalized spacial score (nSPS) is 10.9. The molecule has 28 heavy (non-hydrogen) atoms. The van der Waals surface area contributed by atoms with Crippen LogP contribution in [0.4, 0.5) is 4.79 Å². The van der Waals surface area contributed by atoms with Crippen LogP contribution in [0.3, 0.4) is 0 Å². The number of hydrogen-bond acceptors (Lipinski definition) is 7. The number of hydrogen-bond donors (Lipinski definition) is 2. The molecular weight excluding hydrogens is 380 g/mol. The number of ether oxygens (including phenoxy) is 1. The van der Waals surface area contributed by atoms with Crippen molar-refractivity contribution in [1.82, 2.24) is 30.4 Å². The molecule has 2 heterocycles. The summed E-state index contributed by atoms with van der Waals surface area (Å²) in [4.78, 5) is 27.7. The summed E-state index contributed by atoms with van der Waals surface area (Å²) in [5, 5.41) is 14.0. The molecule has 0 aliphatic rings. The quantitative estimate of drug-likeness (QED) is 0.459. The maximum absolute atomic E-state index is 12.0. The van der Waals surface area contributed by atoms with Crippen LogP contribution in [0.15, 0.2) is 29.7 Å². The van der Waals surface area contributed by atoms with E-state index in [0.29, 0.717) is 30.7 Å². The lowest BCUT2D eigenvalue weighted by Gasteiger charge is -2.11. The Kier molecular flexibility index (Phi) is 8.89. The third-order valence-electron chi connectivity index (χ3n) is 3.53. The van der Waals surface area contributed by atoms with Crippen LogP contribution < -0.4 is 10.6 Å². The first-order valence-electron chi connectivity index (χ1n) is 9.15. The number of aromatic nitrogens is 4. The lowest BCUT2D eigenvalue weighted by atomic mass is 10.2. The maximum atomic E-state index is 12.0. The van der Waals surface area contributed by atoms with Gasteiger partial charge in [0.15, 0.2) is 11.0 Å². The predicted octanol–water partition coefficient (Wildman–Crippen LogP) is 2.09. The van der Waals surface area contributed by atoms with Crippen molar-refractivity contribution in [2.24, 2.45) is 0 Å². The highest BCUT2D eigenvalue weighted by Gasteiger charge is 2.16. The highest BCUT2D eigenvalue weighted by Crippen LogP contribution is 2.23. The van der Waals surface area contributed by atoms with Crippen molar-refractivity contribution < 1.29 is 14.3 Å². The SMILES string of the molecule is CCOCCCn1c(SCC(=O)NC(=O)NC(C)C)nnc1-c1ccncc1. The summed E-state index contributed by atoms with van der Waals surface area (Å²) in [5.41, 5.74) is 0.895. The van der Waals surface area contributed by atoms with Gasteiger partial charge in [0.1, 0.15) is 0 Å². The van der Waals surface area contributed by atoms with Gasteiger partial charge in [-0.15, -0.1) is 10.2 Å². The molecule has 0 spiro atoms. The zero-order valence-corrected chi connectivity index (χ0v) is 17.2. The topological polar surface area (TPSA) is 111 Å². The molecule has 0 saturated carbocycles. The third-order valence-corrected chi connectivity index (χ3v) is 4.50. The highest BCUT2D eigenvalue weighted by molar-refractivity contribution is 7.99. The Bertz CT molecular complexity index is 766. The Labute approximate surface area is 168 Å². The second-order valence-electron chi connectivity index (χ2n) is 6.21. The lowest BCUT2D eigenvalue weighted by molar-refractivity contribution is -0.117. The van der Waals surface area contributed by atoms with E-state index in [2.05, 4.69) is 25.8 Å². The molecule has 0 fully saturated rings. The number of amides is 3. The average Bonchev–Trinajstić information content (AvgIpc) is 3.06. The van der Waals surface area contributed by atoms with Crippen molar-refractivity contribution in [3.05, 3.63) is 24.5 Å². The molecule has 2 aromatic rings. The van der Waals surface area contributed by atoms with Crippen molar-refractivity contribution in [1.29, 1.82) is 0 Å². The summed E-state index contributed by atoms with van der Waals surface area (Å²) in [6, 6.07) is 3.18. The number of carbonyl (C=O) groups excluding carboxylic acids is 2. The summed E-state index contributed by atoms with van der Waals surface area (Å²) < 4.78 is 7.37. The van der Waals surface area contributed by atoms with Gasteiger partial charge in [0.05, 0.1) is 5.75 Å². The van der Waals surface area contributed by atoms with Crippen LogP contribution in [0.5, 0.6) is 0 Å². The van der Waals surface area contributed by atoms with Gasteiger partial charge in [-0.25, -0.2) is 4.79 Å². The fourth-order valence-corrected chi connectivity index (χ4v) is 3.14. The number of imide groups is 1. The molecule has 152 valence electrons.